The minimum Gasteiger partial charge on any atom is -0.427 e. The lowest BCUT2D eigenvalue weighted by Gasteiger charge is -2.04. The molecule has 154 valence electrons. The van der Waals surface area contributed by atoms with Crippen LogP contribution in [0, 0.1) is 0 Å². The van der Waals surface area contributed by atoms with E-state index in [-0.39, 0.29) is 5.91 Å². The van der Waals surface area contributed by atoms with Gasteiger partial charge in [0.25, 0.3) is 0 Å². The highest BCUT2D eigenvalue weighted by Gasteiger charge is 2.18. The minimum atomic E-state index is -0.0293. The molecular formula is C22H22ClN5O2. The van der Waals surface area contributed by atoms with Crippen molar-refractivity contribution in [2.24, 2.45) is 0 Å². The monoisotopic (exact) mass is 423 g/mol. The fraction of sp³-hybridized carbons (Fsp3) is 0.227. The minimum absolute atomic E-state index is 0.0293. The first-order valence-corrected chi connectivity index (χ1v) is 10.1. The number of oxazole rings is 1. The standard InChI is InChI=1S/C22H22ClN5O2/c1-24-12-13-25-20(29)11-10-19-21(15-6-8-16(23)9-7-15)27-22(30-19)28-14-26-17-4-2-3-5-18(17)28/h2-9,14,24H,10-13H2,1H3,(H,25,29). The highest BCUT2D eigenvalue weighted by molar-refractivity contribution is 6.30. The Morgan fingerprint density at radius 3 is 2.73 bits per heavy atom. The van der Waals surface area contributed by atoms with Gasteiger partial charge in [-0.1, -0.05) is 35.9 Å². The molecule has 2 aromatic carbocycles. The van der Waals surface area contributed by atoms with Crippen LogP contribution in [-0.4, -0.2) is 40.6 Å². The molecule has 4 rings (SSSR count). The molecule has 0 saturated carbocycles. The molecule has 0 spiro atoms. The predicted molar refractivity (Wildman–Crippen MR) is 117 cm³/mol. The third kappa shape index (κ3) is 4.37. The lowest BCUT2D eigenvalue weighted by atomic mass is 10.1. The first-order valence-electron chi connectivity index (χ1n) is 9.75. The van der Waals surface area contributed by atoms with Crippen LogP contribution in [0.15, 0.2) is 59.3 Å². The molecule has 0 bridgehead atoms. The second-order valence-corrected chi connectivity index (χ2v) is 7.27. The quantitative estimate of drug-likeness (QED) is 0.423. The van der Waals surface area contributed by atoms with Crippen LogP contribution in [0.4, 0.5) is 0 Å². The van der Waals surface area contributed by atoms with Crippen molar-refractivity contribution < 1.29 is 9.21 Å². The fourth-order valence-corrected chi connectivity index (χ4v) is 3.33. The molecule has 2 aromatic heterocycles. The Kier molecular flexibility index (Phi) is 6.11. The molecule has 0 aliphatic rings. The molecule has 0 fully saturated rings. The Bertz CT molecular complexity index is 1150. The highest BCUT2D eigenvalue weighted by Crippen LogP contribution is 2.29. The number of carbonyl (C=O) groups is 1. The van der Waals surface area contributed by atoms with E-state index >= 15 is 0 Å². The molecule has 4 aromatic rings. The lowest BCUT2D eigenvalue weighted by molar-refractivity contribution is -0.121. The van der Waals surface area contributed by atoms with E-state index in [9.17, 15) is 4.79 Å². The van der Waals surface area contributed by atoms with Crippen LogP contribution in [0.3, 0.4) is 0 Å². The average Bonchev–Trinajstić information content (AvgIpc) is 3.37. The molecule has 0 radical (unpaired) electrons. The van der Waals surface area contributed by atoms with E-state index in [1.54, 1.807) is 6.33 Å². The molecule has 0 atom stereocenters. The average molecular weight is 424 g/mol. The number of aromatic nitrogens is 3. The van der Waals surface area contributed by atoms with Gasteiger partial charge in [-0.2, -0.15) is 4.98 Å². The summed E-state index contributed by atoms with van der Waals surface area (Å²) >= 11 is 6.04. The molecule has 2 heterocycles. The van der Waals surface area contributed by atoms with Crippen LogP contribution in [0.1, 0.15) is 12.2 Å². The zero-order chi connectivity index (χ0) is 20.9. The Labute approximate surface area is 179 Å². The van der Waals surface area contributed by atoms with E-state index in [4.69, 9.17) is 21.0 Å². The van der Waals surface area contributed by atoms with Gasteiger partial charge in [0.05, 0.1) is 11.0 Å². The summed E-state index contributed by atoms with van der Waals surface area (Å²) < 4.78 is 7.93. The number of rotatable bonds is 8. The van der Waals surface area contributed by atoms with E-state index in [0.29, 0.717) is 41.9 Å². The third-order valence-corrected chi connectivity index (χ3v) is 4.99. The van der Waals surface area contributed by atoms with Crippen molar-refractivity contribution in [2.75, 3.05) is 20.1 Å². The molecule has 2 N–H and O–H groups in total. The van der Waals surface area contributed by atoms with Crippen LogP contribution >= 0.6 is 11.6 Å². The van der Waals surface area contributed by atoms with Crippen molar-refractivity contribution in [3.63, 3.8) is 0 Å². The Balaban J connectivity index is 1.65. The van der Waals surface area contributed by atoms with Gasteiger partial charge >= 0.3 is 6.01 Å². The highest BCUT2D eigenvalue weighted by atomic mass is 35.5. The maximum atomic E-state index is 12.2. The van der Waals surface area contributed by atoms with Crippen molar-refractivity contribution in [1.29, 1.82) is 0 Å². The maximum absolute atomic E-state index is 12.2. The van der Waals surface area contributed by atoms with E-state index in [1.165, 1.54) is 0 Å². The zero-order valence-electron chi connectivity index (χ0n) is 16.6. The number of fused-ring (bicyclic) bond motifs is 1. The number of likely N-dealkylation sites (N-methyl/N-ethyl adjacent to an activating group) is 1. The Morgan fingerprint density at radius 2 is 1.93 bits per heavy atom. The van der Waals surface area contributed by atoms with Gasteiger partial charge in [0.15, 0.2) is 0 Å². The smallest absolute Gasteiger partial charge is 0.308 e. The van der Waals surface area contributed by atoms with Crippen molar-refractivity contribution in [2.45, 2.75) is 12.8 Å². The normalized spacial score (nSPS) is 11.1. The zero-order valence-corrected chi connectivity index (χ0v) is 17.3. The van der Waals surface area contributed by atoms with Gasteiger partial charge in [0.1, 0.15) is 17.8 Å². The number of para-hydroxylation sites is 2. The summed E-state index contributed by atoms with van der Waals surface area (Å²) in [5.74, 6) is 0.618. The third-order valence-electron chi connectivity index (χ3n) is 4.74. The molecule has 30 heavy (non-hydrogen) atoms. The predicted octanol–water partition coefficient (Wildman–Crippen LogP) is 3.60. The van der Waals surface area contributed by atoms with Crippen LogP contribution in [0.2, 0.25) is 5.02 Å². The number of nitrogens with zero attached hydrogens (tertiary/aromatic N) is 3. The number of benzene rings is 2. The van der Waals surface area contributed by atoms with E-state index < -0.39 is 0 Å². The van der Waals surface area contributed by atoms with Gasteiger partial charge < -0.3 is 15.1 Å². The second kappa shape index (κ2) is 9.11. The van der Waals surface area contributed by atoms with Gasteiger partial charge in [0, 0.05) is 36.5 Å². The molecule has 0 aliphatic carbocycles. The summed E-state index contributed by atoms with van der Waals surface area (Å²) in [5.41, 5.74) is 3.33. The van der Waals surface area contributed by atoms with Gasteiger partial charge in [-0.05, 0) is 31.3 Å². The van der Waals surface area contributed by atoms with E-state index in [0.717, 1.165) is 23.1 Å². The molecular weight excluding hydrogens is 402 g/mol. The number of halogens is 1. The van der Waals surface area contributed by atoms with Crippen LogP contribution in [0.5, 0.6) is 0 Å². The summed E-state index contributed by atoms with van der Waals surface area (Å²) in [6, 6.07) is 15.6. The first-order chi connectivity index (χ1) is 14.7. The number of amides is 1. The summed E-state index contributed by atoms with van der Waals surface area (Å²) in [5, 5.41) is 6.53. The maximum Gasteiger partial charge on any atom is 0.308 e. The van der Waals surface area contributed by atoms with E-state index in [2.05, 4.69) is 15.6 Å². The van der Waals surface area contributed by atoms with Gasteiger partial charge in [-0.25, -0.2) is 4.98 Å². The van der Waals surface area contributed by atoms with Crippen LogP contribution < -0.4 is 10.6 Å². The van der Waals surface area contributed by atoms with Crippen molar-refractivity contribution in [3.05, 3.63) is 65.6 Å². The van der Waals surface area contributed by atoms with Gasteiger partial charge in [-0.3, -0.25) is 9.36 Å². The van der Waals surface area contributed by atoms with Crippen LogP contribution in [0.25, 0.3) is 28.3 Å². The Hall–Kier alpha value is -3.16. The molecule has 0 unspecified atom stereocenters. The van der Waals surface area contributed by atoms with Crippen LogP contribution in [-0.2, 0) is 11.2 Å². The van der Waals surface area contributed by atoms with Gasteiger partial charge in [0.2, 0.25) is 5.91 Å². The van der Waals surface area contributed by atoms with Crippen molar-refractivity contribution in [1.82, 2.24) is 25.2 Å². The second-order valence-electron chi connectivity index (χ2n) is 6.83. The fourth-order valence-electron chi connectivity index (χ4n) is 3.20. The summed E-state index contributed by atoms with van der Waals surface area (Å²) in [4.78, 5) is 21.3. The molecule has 0 saturated heterocycles. The number of nitrogens with one attached hydrogen (secondary N) is 2. The first kappa shape index (κ1) is 20.1. The number of carbonyl (C=O) groups excluding carboxylic acids is 1. The van der Waals surface area contributed by atoms with E-state index in [1.807, 2.05) is 60.1 Å². The lowest BCUT2D eigenvalue weighted by Crippen LogP contribution is -2.30. The SMILES string of the molecule is CNCCNC(=O)CCc1oc(-n2cnc3ccccc32)nc1-c1ccc(Cl)cc1. The van der Waals surface area contributed by atoms with Crippen molar-refractivity contribution >= 4 is 28.5 Å². The molecule has 8 heteroatoms. The number of aryl methyl sites for hydroxylation is 1. The Morgan fingerprint density at radius 1 is 1.13 bits per heavy atom. The van der Waals surface area contributed by atoms with Crippen molar-refractivity contribution in [3.8, 4) is 17.3 Å². The van der Waals surface area contributed by atoms with Gasteiger partial charge in [-0.15, -0.1) is 0 Å². The summed E-state index contributed by atoms with van der Waals surface area (Å²) in [6.07, 6.45) is 2.43. The topological polar surface area (TPSA) is 85.0 Å². The molecule has 0 aliphatic heterocycles. The number of hydrogen-bond acceptors (Lipinski definition) is 5. The number of hydrogen-bond donors (Lipinski definition) is 2. The summed E-state index contributed by atoms with van der Waals surface area (Å²) in [7, 11) is 1.85. The summed E-state index contributed by atoms with van der Waals surface area (Å²) in [6.45, 7) is 1.31. The molecule has 1 amide bonds. The molecule has 7 nitrogen and oxygen atoms in total. The largest absolute Gasteiger partial charge is 0.427 e. The number of imidazole rings is 1.